The highest BCUT2D eigenvalue weighted by atomic mass is 15.1. The molecule has 2 heteroatoms. The quantitative estimate of drug-likeness (QED) is 0.733. The van der Waals surface area contributed by atoms with Gasteiger partial charge in [-0.2, -0.15) is 0 Å². The topological polar surface area (TPSA) is 15.3 Å². The highest BCUT2D eigenvalue weighted by Gasteiger charge is 2.15. The zero-order valence-corrected chi connectivity index (χ0v) is 13.9. The van der Waals surface area contributed by atoms with E-state index in [-0.39, 0.29) is 0 Å². The van der Waals surface area contributed by atoms with Gasteiger partial charge in [-0.25, -0.2) is 0 Å². The van der Waals surface area contributed by atoms with Crippen LogP contribution in [0.4, 0.5) is 0 Å². The SMILES string of the molecule is CCC(Cc1ccccc1)NCCCN1CCC(C)CC1. The van der Waals surface area contributed by atoms with Crippen LogP contribution in [-0.2, 0) is 6.42 Å². The molecule has 0 aromatic heterocycles. The smallest absolute Gasteiger partial charge is 0.0105 e. The fraction of sp³-hybridized carbons (Fsp3) is 0.684. The highest BCUT2D eigenvalue weighted by Crippen LogP contribution is 2.15. The molecule has 1 fully saturated rings. The standard InChI is InChI=1S/C19H32N2/c1-3-19(16-18-8-5-4-6-9-18)20-12-7-13-21-14-10-17(2)11-15-21/h4-6,8-9,17,19-20H,3,7,10-16H2,1-2H3. The Morgan fingerprint density at radius 2 is 1.90 bits per heavy atom. The summed E-state index contributed by atoms with van der Waals surface area (Å²) in [7, 11) is 0. The van der Waals surface area contributed by atoms with E-state index in [0.29, 0.717) is 6.04 Å². The molecule has 2 nitrogen and oxygen atoms in total. The van der Waals surface area contributed by atoms with Gasteiger partial charge in [-0.05, 0) is 69.8 Å². The Balaban J connectivity index is 1.60. The van der Waals surface area contributed by atoms with Gasteiger partial charge >= 0.3 is 0 Å². The van der Waals surface area contributed by atoms with Gasteiger partial charge in [0, 0.05) is 6.04 Å². The highest BCUT2D eigenvalue weighted by molar-refractivity contribution is 5.15. The third-order valence-electron chi connectivity index (χ3n) is 4.78. The van der Waals surface area contributed by atoms with Crippen molar-refractivity contribution in [3.05, 3.63) is 35.9 Å². The molecule has 1 unspecified atom stereocenters. The number of hydrogen-bond acceptors (Lipinski definition) is 2. The van der Waals surface area contributed by atoms with Gasteiger partial charge < -0.3 is 10.2 Å². The minimum Gasteiger partial charge on any atom is -0.314 e. The monoisotopic (exact) mass is 288 g/mol. The second-order valence-electron chi connectivity index (χ2n) is 6.63. The summed E-state index contributed by atoms with van der Waals surface area (Å²) in [5.74, 6) is 0.940. The van der Waals surface area contributed by atoms with E-state index in [1.165, 1.54) is 50.9 Å². The second kappa shape index (κ2) is 9.22. The van der Waals surface area contributed by atoms with E-state index in [0.717, 1.165) is 18.9 Å². The molecule has 0 saturated carbocycles. The van der Waals surface area contributed by atoms with Crippen molar-refractivity contribution in [1.29, 1.82) is 0 Å². The number of nitrogens with one attached hydrogen (secondary N) is 1. The van der Waals surface area contributed by atoms with Crippen LogP contribution in [0, 0.1) is 5.92 Å². The van der Waals surface area contributed by atoms with E-state index in [2.05, 4.69) is 54.4 Å². The van der Waals surface area contributed by atoms with Gasteiger partial charge in [0.1, 0.15) is 0 Å². The Morgan fingerprint density at radius 3 is 2.57 bits per heavy atom. The molecule has 1 aliphatic heterocycles. The molecule has 0 aliphatic carbocycles. The van der Waals surface area contributed by atoms with Crippen LogP contribution < -0.4 is 5.32 Å². The van der Waals surface area contributed by atoms with Crippen LogP contribution in [0.1, 0.15) is 45.1 Å². The first-order valence-electron chi connectivity index (χ1n) is 8.77. The Bertz CT molecular complexity index is 368. The fourth-order valence-electron chi connectivity index (χ4n) is 3.15. The van der Waals surface area contributed by atoms with Crippen molar-refractivity contribution in [3.63, 3.8) is 0 Å². The van der Waals surface area contributed by atoms with E-state index in [1.807, 2.05) is 0 Å². The Labute approximate surface area is 130 Å². The summed E-state index contributed by atoms with van der Waals surface area (Å²) >= 11 is 0. The van der Waals surface area contributed by atoms with Gasteiger partial charge in [-0.1, -0.05) is 44.2 Å². The molecule has 118 valence electrons. The van der Waals surface area contributed by atoms with Gasteiger partial charge in [0.15, 0.2) is 0 Å². The maximum atomic E-state index is 3.74. The summed E-state index contributed by atoms with van der Waals surface area (Å²) in [6, 6.07) is 11.5. The van der Waals surface area contributed by atoms with Crippen molar-refractivity contribution in [2.75, 3.05) is 26.2 Å². The van der Waals surface area contributed by atoms with Crippen molar-refractivity contribution in [1.82, 2.24) is 10.2 Å². The van der Waals surface area contributed by atoms with Crippen molar-refractivity contribution in [3.8, 4) is 0 Å². The molecule has 1 saturated heterocycles. The van der Waals surface area contributed by atoms with Crippen LogP contribution in [0.15, 0.2) is 30.3 Å². The van der Waals surface area contributed by atoms with E-state index in [4.69, 9.17) is 0 Å². The molecule has 0 bridgehead atoms. The lowest BCUT2D eigenvalue weighted by molar-refractivity contribution is 0.189. The molecule has 1 N–H and O–H groups in total. The molecule has 1 aromatic rings. The number of benzene rings is 1. The van der Waals surface area contributed by atoms with Crippen LogP contribution in [0.3, 0.4) is 0 Å². The summed E-state index contributed by atoms with van der Waals surface area (Å²) in [6.07, 6.45) is 6.41. The van der Waals surface area contributed by atoms with Gasteiger partial charge in [-0.15, -0.1) is 0 Å². The molecule has 1 aliphatic rings. The number of rotatable bonds is 8. The normalized spacial score (nSPS) is 18.8. The lowest BCUT2D eigenvalue weighted by atomic mass is 9.99. The Morgan fingerprint density at radius 1 is 1.19 bits per heavy atom. The minimum absolute atomic E-state index is 0.619. The molecule has 1 heterocycles. The summed E-state index contributed by atoms with van der Waals surface area (Å²) < 4.78 is 0. The Kier molecular flexibility index (Phi) is 7.25. The first kappa shape index (κ1) is 16.5. The summed E-state index contributed by atoms with van der Waals surface area (Å²) in [4.78, 5) is 2.64. The number of piperidine rings is 1. The maximum absolute atomic E-state index is 3.74. The molecule has 1 atom stereocenters. The predicted molar refractivity (Wildman–Crippen MR) is 91.7 cm³/mol. The second-order valence-corrected chi connectivity index (χ2v) is 6.63. The van der Waals surface area contributed by atoms with Crippen LogP contribution in [0.5, 0.6) is 0 Å². The number of hydrogen-bond donors (Lipinski definition) is 1. The lowest BCUT2D eigenvalue weighted by Gasteiger charge is -2.30. The van der Waals surface area contributed by atoms with Crippen LogP contribution >= 0.6 is 0 Å². The largest absolute Gasteiger partial charge is 0.314 e. The average molecular weight is 288 g/mol. The van der Waals surface area contributed by atoms with Gasteiger partial charge in [0.05, 0.1) is 0 Å². The van der Waals surface area contributed by atoms with E-state index in [1.54, 1.807) is 0 Å². The molecule has 21 heavy (non-hydrogen) atoms. The van der Waals surface area contributed by atoms with Gasteiger partial charge in [0.25, 0.3) is 0 Å². The third-order valence-corrected chi connectivity index (χ3v) is 4.78. The van der Waals surface area contributed by atoms with E-state index in [9.17, 15) is 0 Å². The van der Waals surface area contributed by atoms with Crippen LogP contribution in [-0.4, -0.2) is 37.1 Å². The fourth-order valence-corrected chi connectivity index (χ4v) is 3.15. The summed E-state index contributed by atoms with van der Waals surface area (Å²) in [5, 5.41) is 3.74. The van der Waals surface area contributed by atoms with Gasteiger partial charge in [0.2, 0.25) is 0 Å². The maximum Gasteiger partial charge on any atom is 0.0105 e. The average Bonchev–Trinajstić information content (AvgIpc) is 2.53. The summed E-state index contributed by atoms with van der Waals surface area (Å²) in [5.41, 5.74) is 1.45. The predicted octanol–water partition coefficient (Wildman–Crippen LogP) is 3.72. The number of nitrogens with zero attached hydrogens (tertiary/aromatic N) is 1. The molecule has 1 aromatic carbocycles. The first-order chi connectivity index (χ1) is 10.3. The summed E-state index contributed by atoms with van der Waals surface area (Å²) in [6.45, 7) is 9.70. The molecule has 0 amide bonds. The zero-order valence-electron chi connectivity index (χ0n) is 13.9. The lowest BCUT2D eigenvalue weighted by Crippen LogP contribution is -2.36. The van der Waals surface area contributed by atoms with Crippen LogP contribution in [0.25, 0.3) is 0 Å². The van der Waals surface area contributed by atoms with Crippen molar-refractivity contribution >= 4 is 0 Å². The minimum atomic E-state index is 0.619. The van der Waals surface area contributed by atoms with Crippen LogP contribution in [0.2, 0.25) is 0 Å². The Hall–Kier alpha value is -0.860. The molecule has 0 spiro atoms. The first-order valence-corrected chi connectivity index (χ1v) is 8.77. The van der Waals surface area contributed by atoms with E-state index < -0.39 is 0 Å². The van der Waals surface area contributed by atoms with Gasteiger partial charge in [-0.3, -0.25) is 0 Å². The molecule has 0 radical (unpaired) electrons. The molecular weight excluding hydrogens is 256 g/mol. The van der Waals surface area contributed by atoms with Crippen molar-refractivity contribution in [2.24, 2.45) is 5.92 Å². The van der Waals surface area contributed by atoms with Crippen molar-refractivity contribution < 1.29 is 0 Å². The van der Waals surface area contributed by atoms with E-state index >= 15 is 0 Å². The molecule has 2 rings (SSSR count). The number of likely N-dealkylation sites (tertiary alicyclic amines) is 1. The zero-order chi connectivity index (χ0) is 14.9. The third kappa shape index (κ3) is 6.19. The molecular formula is C19H32N2. The van der Waals surface area contributed by atoms with Crippen molar-refractivity contribution in [2.45, 2.75) is 52.0 Å².